The van der Waals surface area contributed by atoms with Gasteiger partial charge in [-0.25, -0.2) is 0 Å². The highest BCUT2D eigenvalue weighted by Gasteiger charge is 1.83. The van der Waals surface area contributed by atoms with Crippen molar-refractivity contribution in [2.45, 2.75) is 6.92 Å². The van der Waals surface area contributed by atoms with Crippen molar-refractivity contribution in [1.82, 2.24) is 0 Å². The van der Waals surface area contributed by atoms with Crippen LogP contribution in [-0.4, -0.2) is 0 Å². The van der Waals surface area contributed by atoms with Crippen molar-refractivity contribution in [3.8, 4) is 0 Å². The molecule has 0 bridgehead atoms. The van der Waals surface area contributed by atoms with E-state index in [0.717, 1.165) is 5.57 Å². The van der Waals surface area contributed by atoms with Crippen LogP contribution in [0.15, 0.2) is 36.2 Å². The van der Waals surface area contributed by atoms with Crippen LogP contribution >= 0.6 is 0 Å². The summed E-state index contributed by atoms with van der Waals surface area (Å²) in [5.74, 6) is 0. The Labute approximate surface area is 55.5 Å². The molecule has 0 aliphatic rings. The van der Waals surface area contributed by atoms with Gasteiger partial charge in [0.25, 0.3) is 0 Å². The van der Waals surface area contributed by atoms with E-state index in [9.17, 15) is 0 Å². The molecule has 0 fully saturated rings. The number of hydrogen-bond acceptors (Lipinski definition) is 2. The maximum Gasteiger partial charge on any atom is 0.0338 e. The van der Waals surface area contributed by atoms with Crippen molar-refractivity contribution in [3.05, 3.63) is 36.2 Å². The lowest BCUT2D eigenvalue weighted by Crippen LogP contribution is -1.96. The van der Waals surface area contributed by atoms with E-state index in [2.05, 4.69) is 6.58 Å². The Hall–Kier alpha value is -1.18. The predicted octanol–water partition coefficient (Wildman–Crippen LogP) is 0.878. The van der Waals surface area contributed by atoms with E-state index in [-0.39, 0.29) is 0 Å². The van der Waals surface area contributed by atoms with Crippen LogP contribution < -0.4 is 11.5 Å². The average molecular weight is 124 g/mol. The van der Waals surface area contributed by atoms with Crippen LogP contribution in [0.25, 0.3) is 0 Å². The van der Waals surface area contributed by atoms with Crippen LogP contribution in [0.1, 0.15) is 6.92 Å². The molecule has 50 valence electrons. The summed E-state index contributed by atoms with van der Waals surface area (Å²) in [5.41, 5.74) is 12.0. The van der Waals surface area contributed by atoms with Gasteiger partial charge in [-0.3, -0.25) is 0 Å². The third-order valence-electron chi connectivity index (χ3n) is 0.880. The van der Waals surface area contributed by atoms with Gasteiger partial charge in [-0.2, -0.15) is 0 Å². The van der Waals surface area contributed by atoms with E-state index in [1.54, 1.807) is 12.2 Å². The van der Waals surface area contributed by atoms with Crippen LogP contribution in [0.3, 0.4) is 0 Å². The topological polar surface area (TPSA) is 52.0 Å². The molecule has 0 rings (SSSR count). The fraction of sp³-hybridized carbons (Fsp3) is 0.143. The van der Waals surface area contributed by atoms with Gasteiger partial charge in [0.15, 0.2) is 0 Å². The molecule has 0 aromatic carbocycles. The minimum atomic E-state index is 0.664. The van der Waals surface area contributed by atoms with E-state index in [0.29, 0.717) is 5.70 Å². The molecule has 0 aliphatic carbocycles. The van der Waals surface area contributed by atoms with Crippen molar-refractivity contribution in [2.24, 2.45) is 11.5 Å². The van der Waals surface area contributed by atoms with E-state index >= 15 is 0 Å². The van der Waals surface area contributed by atoms with Crippen LogP contribution in [0.5, 0.6) is 0 Å². The van der Waals surface area contributed by atoms with Gasteiger partial charge >= 0.3 is 0 Å². The fourth-order valence-electron chi connectivity index (χ4n) is 0.301. The van der Waals surface area contributed by atoms with Gasteiger partial charge in [0.1, 0.15) is 0 Å². The normalized spacial score (nSPS) is 12.3. The third kappa shape index (κ3) is 3.41. The molecule has 0 aromatic heterocycles. The first-order chi connectivity index (χ1) is 4.18. The second-order valence-corrected chi connectivity index (χ2v) is 1.79. The van der Waals surface area contributed by atoms with Gasteiger partial charge in [0.05, 0.1) is 0 Å². The zero-order valence-electron chi connectivity index (χ0n) is 5.59. The maximum atomic E-state index is 5.46. The molecule has 0 aromatic rings. The molecular formula is C7H12N2. The zero-order valence-corrected chi connectivity index (χ0v) is 5.59. The first-order valence-corrected chi connectivity index (χ1v) is 2.68. The molecule has 0 aliphatic heterocycles. The SMILES string of the molecule is C=C(C)/C(N)=C/C=C\N. The summed E-state index contributed by atoms with van der Waals surface area (Å²) < 4.78 is 0. The summed E-state index contributed by atoms with van der Waals surface area (Å²) in [7, 11) is 0. The predicted molar refractivity (Wildman–Crippen MR) is 40.4 cm³/mol. The monoisotopic (exact) mass is 124 g/mol. The molecule has 9 heavy (non-hydrogen) atoms. The second kappa shape index (κ2) is 3.78. The van der Waals surface area contributed by atoms with Gasteiger partial charge in [-0.05, 0) is 30.8 Å². The molecule has 2 heteroatoms. The molecule has 0 atom stereocenters. The van der Waals surface area contributed by atoms with Gasteiger partial charge in [0.2, 0.25) is 0 Å². The van der Waals surface area contributed by atoms with Crippen LogP contribution in [0.4, 0.5) is 0 Å². The van der Waals surface area contributed by atoms with Crippen molar-refractivity contribution >= 4 is 0 Å². The number of allylic oxidation sites excluding steroid dienone is 3. The zero-order chi connectivity index (χ0) is 7.28. The van der Waals surface area contributed by atoms with E-state index < -0.39 is 0 Å². The quantitative estimate of drug-likeness (QED) is 0.537. The van der Waals surface area contributed by atoms with Gasteiger partial charge in [-0.1, -0.05) is 6.58 Å². The maximum absolute atomic E-state index is 5.46. The van der Waals surface area contributed by atoms with Gasteiger partial charge in [-0.15, -0.1) is 0 Å². The first kappa shape index (κ1) is 7.82. The average Bonchev–Trinajstić information content (AvgIpc) is 1.82. The third-order valence-corrected chi connectivity index (χ3v) is 0.880. The summed E-state index contributed by atoms with van der Waals surface area (Å²) in [6.45, 7) is 5.48. The summed E-state index contributed by atoms with van der Waals surface area (Å²) in [5, 5.41) is 0. The molecule has 4 N–H and O–H groups in total. The molecule has 0 amide bonds. The van der Waals surface area contributed by atoms with E-state index in [4.69, 9.17) is 11.5 Å². The van der Waals surface area contributed by atoms with Crippen LogP contribution in [-0.2, 0) is 0 Å². The minimum absolute atomic E-state index is 0.664. The Kier molecular flexibility index (Phi) is 3.28. The standard InChI is InChI=1S/C7H12N2/c1-6(2)7(9)4-3-5-8/h3-5H,1,8-9H2,2H3/b5-3-,7-4-. The Bertz CT molecular complexity index is 154. The fourth-order valence-corrected chi connectivity index (χ4v) is 0.301. The number of rotatable bonds is 2. The minimum Gasteiger partial charge on any atom is -0.405 e. The Morgan fingerprint density at radius 1 is 1.56 bits per heavy atom. The molecule has 0 saturated heterocycles. The van der Waals surface area contributed by atoms with Gasteiger partial charge < -0.3 is 11.5 Å². The van der Waals surface area contributed by atoms with Gasteiger partial charge in [0, 0.05) is 5.70 Å². The van der Waals surface area contributed by atoms with Crippen molar-refractivity contribution in [3.63, 3.8) is 0 Å². The number of hydrogen-bond donors (Lipinski definition) is 2. The molecule has 0 saturated carbocycles. The van der Waals surface area contributed by atoms with Crippen LogP contribution in [0, 0.1) is 0 Å². The molecule has 0 spiro atoms. The summed E-state index contributed by atoms with van der Waals surface area (Å²) in [6, 6.07) is 0. The number of nitrogens with two attached hydrogens (primary N) is 2. The highest BCUT2D eigenvalue weighted by molar-refractivity contribution is 5.26. The van der Waals surface area contributed by atoms with Crippen molar-refractivity contribution in [1.29, 1.82) is 0 Å². The molecule has 2 nitrogen and oxygen atoms in total. The lowest BCUT2D eigenvalue weighted by molar-refractivity contribution is 1.30. The van der Waals surface area contributed by atoms with Crippen molar-refractivity contribution in [2.75, 3.05) is 0 Å². The summed E-state index contributed by atoms with van der Waals surface area (Å²) in [6.07, 6.45) is 4.81. The van der Waals surface area contributed by atoms with E-state index in [1.165, 1.54) is 6.20 Å². The first-order valence-electron chi connectivity index (χ1n) is 2.68. The molecule has 0 radical (unpaired) electrons. The Morgan fingerprint density at radius 3 is 2.44 bits per heavy atom. The molecule has 0 unspecified atom stereocenters. The molecular weight excluding hydrogens is 112 g/mol. The lowest BCUT2D eigenvalue weighted by atomic mass is 10.2. The summed E-state index contributed by atoms with van der Waals surface area (Å²) in [4.78, 5) is 0. The van der Waals surface area contributed by atoms with Crippen LogP contribution in [0.2, 0.25) is 0 Å². The highest BCUT2D eigenvalue weighted by atomic mass is 14.6. The highest BCUT2D eigenvalue weighted by Crippen LogP contribution is 1.96. The van der Waals surface area contributed by atoms with E-state index in [1.807, 2.05) is 6.92 Å². The summed E-state index contributed by atoms with van der Waals surface area (Å²) >= 11 is 0. The Balaban J connectivity index is 4.00. The largest absolute Gasteiger partial charge is 0.405 e. The van der Waals surface area contributed by atoms with Crippen molar-refractivity contribution < 1.29 is 0 Å². The Morgan fingerprint density at radius 2 is 2.11 bits per heavy atom. The molecule has 0 heterocycles. The lowest BCUT2D eigenvalue weighted by Gasteiger charge is -1.93. The second-order valence-electron chi connectivity index (χ2n) is 1.79. The smallest absolute Gasteiger partial charge is 0.0338 e.